The van der Waals surface area contributed by atoms with Crippen molar-refractivity contribution in [1.82, 2.24) is 5.32 Å². The Balaban J connectivity index is 1.74. The molecule has 1 aliphatic carbocycles. The third kappa shape index (κ3) is 5.01. The zero-order valence-corrected chi connectivity index (χ0v) is 21.3. The van der Waals surface area contributed by atoms with E-state index in [0.29, 0.717) is 40.3 Å². The minimum absolute atomic E-state index is 0.0560. The number of carbonyl (C=O) groups is 2. The van der Waals surface area contributed by atoms with Crippen LogP contribution in [-0.2, 0) is 14.3 Å². The zero-order valence-electron chi connectivity index (χ0n) is 21.3. The average Bonchev–Trinajstić information content (AvgIpc) is 2.86. The number of dihydropyridines is 1. The van der Waals surface area contributed by atoms with E-state index in [1.54, 1.807) is 26.4 Å². The van der Waals surface area contributed by atoms with Crippen molar-refractivity contribution >= 4 is 11.8 Å². The van der Waals surface area contributed by atoms with Crippen molar-refractivity contribution in [3.05, 3.63) is 81.9 Å². The molecule has 1 aliphatic heterocycles. The fraction of sp³-hybridized carbons (Fsp3) is 0.379. The molecule has 0 unspecified atom stereocenters. The topological polar surface area (TPSA) is 73.9 Å². The summed E-state index contributed by atoms with van der Waals surface area (Å²) in [4.78, 5) is 26.9. The molecule has 190 valence electrons. The number of Topliss-reactive ketones (excluding diaryl/α,β-unsaturated/α-hetero) is 1. The number of nitrogens with one attached hydrogen (secondary N) is 1. The van der Waals surface area contributed by atoms with E-state index >= 15 is 0 Å². The van der Waals surface area contributed by atoms with E-state index in [1.807, 2.05) is 39.0 Å². The van der Waals surface area contributed by atoms with Crippen molar-refractivity contribution in [1.29, 1.82) is 0 Å². The summed E-state index contributed by atoms with van der Waals surface area (Å²) in [7, 11) is 3.16. The van der Waals surface area contributed by atoms with Crippen molar-refractivity contribution in [3.63, 3.8) is 0 Å². The second kappa shape index (κ2) is 10.6. The third-order valence-electron chi connectivity index (χ3n) is 6.68. The van der Waals surface area contributed by atoms with Gasteiger partial charge in [0.25, 0.3) is 0 Å². The lowest BCUT2D eigenvalue weighted by Crippen LogP contribution is -2.36. The van der Waals surface area contributed by atoms with Gasteiger partial charge in [0.2, 0.25) is 0 Å². The standard InChI is InChI=1S/C29H32FNO5/c1-16(2)15-36-29(33)26-17(3)31-22-12-20(19-8-11-24(34-4)25(14-19)35-5)13-23(32)28(22)27(26)18-6-9-21(30)10-7-18/h6-11,14,16,20,27,31H,12-13,15H2,1-5H3/t20-,27+/m1/s1. The molecule has 0 fully saturated rings. The van der Waals surface area contributed by atoms with Gasteiger partial charge in [-0.05, 0) is 60.6 Å². The van der Waals surface area contributed by atoms with Crippen LogP contribution in [0.2, 0.25) is 0 Å². The van der Waals surface area contributed by atoms with E-state index in [1.165, 1.54) is 12.1 Å². The molecule has 0 amide bonds. The Morgan fingerprint density at radius 1 is 1.03 bits per heavy atom. The maximum absolute atomic E-state index is 13.7. The van der Waals surface area contributed by atoms with Gasteiger partial charge in [0, 0.05) is 29.3 Å². The largest absolute Gasteiger partial charge is 0.493 e. The molecule has 0 radical (unpaired) electrons. The van der Waals surface area contributed by atoms with Crippen molar-refractivity contribution in [2.45, 2.75) is 45.4 Å². The van der Waals surface area contributed by atoms with Gasteiger partial charge in [-0.3, -0.25) is 4.79 Å². The van der Waals surface area contributed by atoms with Crippen LogP contribution in [0.4, 0.5) is 4.39 Å². The molecular weight excluding hydrogens is 461 g/mol. The van der Waals surface area contributed by atoms with Crippen molar-refractivity contribution < 1.29 is 28.2 Å². The maximum atomic E-state index is 13.7. The van der Waals surface area contributed by atoms with Gasteiger partial charge in [-0.15, -0.1) is 0 Å². The highest BCUT2D eigenvalue weighted by molar-refractivity contribution is 6.04. The van der Waals surface area contributed by atoms with E-state index in [0.717, 1.165) is 11.3 Å². The molecule has 4 rings (SSSR count). The summed E-state index contributed by atoms with van der Waals surface area (Å²) >= 11 is 0. The van der Waals surface area contributed by atoms with E-state index in [9.17, 15) is 14.0 Å². The second-order valence-corrected chi connectivity index (χ2v) is 9.68. The lowest BCUT2D eigenvalue weighted by atomic mass is 9.71. The number of rotatable bonds is 7. The summed E-state index contributed by atoms with van der Waals surface area (Å²) in [5, 5.41) is 3.34. The Labute approximate surface area is 211 Å². The number of halogens is 1. The number of hydrogen-bond acceptors (Lipinski definition) is 6. The van der Waals surface area contributed by atoms with Crippen LogP contribution in [-0.4, -0.2) is 32.6 Å². The molecule has 0 saturated heterocycles. The molecule has 1 N–H and O–H groups in total. The molecule has 7 heteroatoms. The fourth-order valence-electron chi connectivity index (χ4n) is 4.96. The van der Waals surface area contributed by atoms with Gasteiger partial charge < -0.3 is 19.5 Å². The molecule has 2 aromatic carbocycles. The van der Waals surface area contributed by atoms with Gasteiger partial charge in [0.05, 0.1) is 26.4 Å². The molecule has 36 heavy (non-hydrogen) atoms. The van der Waals surface area contributed by atoms with E-state index in [2.05, 4.69) is 5.32 Å². The lowest BCUT2D eigenvalue weighted by Gasteiger charge is -2.36. The average molecular weight is 494 g/mol. The fourth-order valence-corrected chi connectivity index (χ4v) is 4.96. The molecule has 0 spiro atoms. The van der Waals surface area contributed by atoms with Gasteiger partial charge in [0.1, 0.15) is 5.82 Å². The first-order chi connectivity index (χ1) is 17.2. The highest BCUT2D eigenvalue weighted by atomic mass is 19.1. The maximum Gasteiger partial charge on any atom is 0.336 e. The molecule has 0 aromatic heterocycles. The quantitative estimate of drug-likeness (QED) is 0.521. The molecule has 2 aliphatic rings. The van der Waals surface area contributed by atoms with Crippen LogP contribution in [0.25, 0.3) is 0 Å². The van der Waals surface area contributed by atoms with Gasteiger partial charge >= 0.3 is 5.97 Å². The summed E-state index contributed by atoms with van der Waals surface area (Å²) in [5.41, 5.74) is 3.99. The SMILES string of the molecule is COc1ccc([C@H]2CC(=O)C3=C(C2)NC(C)=C(C(=O)OCC(C)C)[C@@H]3c2ccc(F)cc2)cc1OC. The van der Waals surface area contributed by atoms with Crippen molar-refractivity contribution in [3.8, 4) is 11.5 Å². The Kier molecular flexibility index (Phi) is 7.48. The number of carbonyl (C=O) groups excluding carboxylic acids is 2. The lowest BCUT2D eigenvalue weighted by molar-refractivity contribution is -0.140. The first kappa shape index (κ1) is 25.5. The van der Waals surface area contributed by atoms with Crippen molar-refractivity contribution in [2.24, 2.45) is 5.92 Å². The minimum atomic E-state index is -0.625. The first-order valence-corrected chi connectivity index (χ1v) is 12.1. The monoisotopic (exact) mass is 493 g/mol. The van der Waals surface area contributed by atoms with E-state index < -0.39 is 11.9 Å². The zero-order chi connectivity index (χ0) is 26.0. The Hall–Kier alpha value is -3.61. The van der Waals surface area contributed by atoms with E-state index in [4.69, 9.17) is 14.2 Å². The summed E-state index contributed by atoms with van der Waals surface area (Å²) < 4.78 is 30.1. The van der Waals surface area contributed by atoms with E-state index in [-0.39, 0.29) is 36.5 Å². The molecule has 6 nitrogen and oxygen atoms in total. The Morgan fingerprint density at radius 3 is 2.33 bits per heavy atom. The van der Waals surface area contributed by atoms with Crippen molar-refractivity contribution in [2.75, 3.05) is 20.8 Å². The van der Waals surface area contributed by atoms with Crippen LogP contribution < -0.4 is 14.8 Å². The molecule has 1 heterocycles. The summed E-state index contributed by atoms with van der Waals surface area (Å²) in [6.45, 7) is 6.01. The molecule has 2 atom stereocenters. The summed E-state index contributed by atoms with van der Waals surface area (Å²) in [6, 6.07) is 11.7. The number of allylic oxidation sites excluding steroid dienone is 3. The van der Waals surface area contributed by atoms with Gasteiger partial charge in [0.15, 0.2) is 17.3 Å². The highest BCUT2D eigenvalue weighted by Crippen LogP contribution is 2.46. The third-order valence-corrected chi connectivity index (χ3v) is 6.68. The van der Waals surface area contributed by atoms with Crippen LogP contribution in [0.1, 0.15) is 56.6 Å². The minimum Gasteiger partial charge on any atom is -0.493 e. The number of methoxy groups -OCH3 is 2. The van der Waals surface area contributed by atoms with Crippen LogP contribution in [0, 0.1) is 11.7 Å². The predicted molar refractivity (Wildman–Crippen MR) is 134 cm³/mol. The van der Waals surface area contributed by atoms with Gasteiger partial charge in [-0.1, -0.05) is 32.0 Å². The smallest absolute Gasteiger partial charge is 0.336 e. The Morgan fingerprint density at radius 2 is 1.69 bits per heavy atom. The number of benzene rings is 2. The number of ketones is 1. The normalized spacial score (nSPS) is 19.7. The van der Waals surface area contributed by atoms with Crippen LogP contribution in [0.15, 0.2) is 65.0 Å². The Bertz CT molecular complexity index is 1230. The number of esters is 1. The van der Waals surface area contributed by atoms with Crippen LogP contribution >= 0.6 is 0 Å². The molecule has 0 saturated carbocycles. The highest BCUT2D eigenvalue weighted by Gasteiger charge is 2.41. The van der Waals surface area contributed by atoms with Gasteiger partial charge in [-0.2, -0.15) is 0 Å². The van der Waals surface area contributed by atoms with Gasteiger partial charge in [-0.25, -0.2) is 9.18 Å². The summed E-state index contributed by atoms with van der Waals surface area (Å²) in [6.07, 6.45) is 0.862. The molecule has 0 bridgehead atoms. The molecule has 2 aromatic rings. The number of hydrogen-bond donors (Lipinski definition) is 1. The van der Waals surface area contributed by atoms with Crippen LogP contribution in [0.5, 0.6) is 11.5 Å². The van der Waals surface area contributed by atoms with Crippen LogP contribution in [0.3, 0.4) is 0 Å². The number of ether oxygens (including phenoxy) is 3. The first-order valence-electron chi connectivity index (χ1n) is 12.1. The predicted octanol–water partition coefficient (Wildman–Crippen LogP) is 5.40. The molecular formula is C29H32FNO5. The second-order valence-electron chi connectivity index (χ2n) is 9.68. The summed E-state index contributed by atoms with van der Waals surface area (Å²) in [5.74, 6) is -0.198.